The first-order valence-electron chi connectivity index (χ1n) is 14.7. The van der Waals surface area contributed by atoms with Gasteiger partial charge in [0.1, 0.15) is 9.79 Å². The number of primary sulfonamides is 2. The number of rotatable bonds is 11. The van der Waals surface area contributed by atoms with Crippen LogP contribution in [0.5, 0.6) is 0 Å². The average Bonchev–Trinajstić information content (AvgIpc) is 3.10. The van der Waals surface area contributed by atoms with E-state index in [0.717, 1.165) is 17.7 Å². The first-order valence-corrected chi connectivity index (χ1v) is 18.5. The molecular weight excluding hydrogens is 751 g/mol. The Morgan fingerprint density at radius 1 is 0.538 bits per heavy atom. The molecule has 15 heteroatoms. The van der Waals surface area contributed by atoms with Gasteiger partial charge in [-0.3, -0.25) is 14.4 Å². The number of sulfonamides is 2. The largest absolute Gasteiger partial charge is 0.478 e. The van der Waals surface area contributed by atoms with Crippen LogP contribution in [0.4, 0.5) is 0 Å². The molecule has 0 radical (unpaired) electrons. The molecule has 0 saturated heterocycles. The number of carbonyl (C=O) groups is 4. The number of hydrogen-bond acceptors (Lipinski definition) is 8. The van der Waals surface area contributed by atoms with Gasteiger partial charge in [-0.25, -0.2) is 31.9 Å². The third kappa shape index (κ3) is 10.7. The Balaban J connectivity index is 0.000000285. The first kappa shape index (κ1) is 41.4. The standard InChI is InChI=1S/C22H18ClNO4S.C14H10ClNO5S.CH4/c23-19-12-11-18(14-21(19)29(24,27)28)22(26)17-9-7-16(8-10-17)20(25)13-6-15-4-2-1-3-5-15;15-11-6-5-10(7-12(11)22(16,20)21)13(17)8-1-3-9(4-2-8)14(18)19;/h1-5,7-12,14H,6,13H2,(H2,24,27,28);1-7H,(H,18,19)(H2,16,20,21);1H4. The van der Waals surface area contributed by atoms with Crippen molar-refractivity contribution in [3.8, 4) is 0 Å². The number of benzene rings is 5. The highest BCUT2D eigenvalue weighted by Gasteiger charge is 2.19. The summed E-state index contributed by atoms with van der Waals surface area (Å²) in [5.74, 6) is -1.99. The minimum atomic E-state index is -4.05. The minimum Gasteiger partial charge on any atom is -0.478 e. The topological polar surface area (TPSA) is 209 Å². The average molecular weight is 784 g/mol. The number of carboxylic acid groups (broad SMARTS) is 1. The number of ketones is 3. The zero-order valence-electron chi connectivity index (χ0n) is 26.3. The third-order valence-electron chi connectivity index (χ3n) is 7.35. The van der Waals surface area contributed by atoms with Crippen LogP contribution in [0.1, 0.15) is 72.0 Å². The molecule has 0 aliphatic carbocycles. The quantitative estimate of drug-likeness (QED) is 0.123. The molecule has 270 valence electrons. The summed E-state index contributed by atoms with van der Waals surface area (Å²) in [5, 5.41) is 18.8. The number of carbonyl (C=O) groups excluding carboxylic acids is 3. The van der Waals surface area contributed by atoms with Crippen molar-refractivity contribution in [2.24, 2.45) is 10.3 Å². The molecule has 0 aromatic heterocycles. The second-order valence-corrected chi connectivity index (χ2v) is 14.8. The third-order valence-corrected chi connectivity index (χ3v) is 10.1. The van der Waals surface area contributed by atoms with E-state index in [-0.39, 0.29) is 55.3 Å². The monoisotopic (exact) mass is 782 g/mol. The summed E-state index contributed by atoms with van der Waals surface area (Å²) < 4.78 is 46.0. The Kier molecular flexibility index (Phi) is 13.9. The highest BCUT2D eigenvalue weighted by molar-refractivity contribution is 7.89. The van der Waals surface area contributed by atoms with Gasteiger partial charge in [0, 0.05) is 34.2 Å². The molecule has 0 unspecified atom stereocenters. The van der Waals surface area contributed by atoms with E-state index in [1.165, 1.54) is 48.5 Å². The van der Waals surface area contributed by atoms with E-state index in [4.69, 9.17) is 38.6 Å². The van der Waals surface area contributed by atoms with Gasteiger partial charge in [0.15, 0.2) is 17.3 Å². The fourth-order valence-corrected chi connectivity index (χ4v) is 6.82. The van der Waals surface area contributed by atoms with E-state index in [1.54, 1.807) is 24.3 Å². The van der Waals surface area contributed by atoms with E-state index in [2.05, 4.69) is 0 Å². The maximum absolute atomic E-state index is 12.7. The normalized spacial score (nSPS) is 11.0. The molecular formula is C37H32Cl2N2O9S2. The van der Waals surface area contributed by atoms with Crippen LogP contribution in [0.2, 0.25) is 10.0 Å². The molecule has 0 spiro atoms. The predicted octanol–water partition coefficient (Wildman–Crippen LogP) is 6.59. The highest BCUT2D eigenvalue weighted by atomic mass is 35.5. The lowest BCUT2D eigenvalue weighted by Gasteiger charge is -2.07. The van der Waals surface area contributed by atoms with Crippen LogP contribution >= 0.6 is 23.2 Å². The smallest absolute Gasteiger partial charge is 0.335 e. The zero-order valence-corrected chi connectivity index (χ0v) is 29.5. The van der Waals surface area contributed by atoms with Crippen molar-refractivity contribution in [2.75, 3.05) is 0 Å². The molecule has 0 saturated carbocycles. The van der Waals surface area contributed by atoms with Crippen molar-refractivity contribution >= 4 is 66.6 Å². The molecule has 0 aliphatic rings. The van der Waals surface area contributed by atoms with Gasteiger partial charge in [0.05, 0.1) is 15.6 Å². The van der Waals surface area contributed by atoms with Crippen LogP contribution in [-0.4, -0.2) is 45.3 Å². The number of aryl methyl sites for hydroxylation is 1. The fraction of sp³-hybridized carbons (Fsp3) is 0.0811. The SMILES string of the molecule is C.NS(=O)(=O)c1cc(C(=O)c2ccc(C(=O)CCc3ccccc3)cc2)ccc1Cl.NS(=O)(=O)c1cc(C(=O)c2ccc(C(=O)O)cc2)ccc1Cl. The van der Waals surface area contributed by atoms with E-state index >= 15 is 0 Å². The van der Waals surface area contributed by atoms with Gasteiger partial charge < -0.3 is 5.11 Å². The van der Waals surface area contributed by atoms with Crippen LogP contribution < -0.4 is 10.3 Å². The molecule has 52 heavy (non-hydrogen) atoms. The molecule has 0 bridgehead atoms. The lowest BCUT2D eigenvalue weighted by molar-refractivity contribution is 0.0696. The van der Waals surface area contributed by atoms with Crippen molar-refractivity contribution < 1.29 is 41.1 Å². The number of Topliss-reactive ketones (excluding diaryl/α,β-unsaturated/α-hetero) is 1. The number of hydrogen-bond donors (Lipinski definition) is 3. The Morgan fingerprint density at radius 2 is 0.904 bits per heavy atom. The highest BCUT2D eigenvalue weighted by Crippen LogP contribution is 2.24. The Hall–Kier alpha value is -5.02. The summed E-state index contributed by atoms with van der Waals surface area (Å²) >= 11 is 11.6. The van der Waals surface area contributed by atoms with E-state index in [9.17, 15) is 36.0 Å². The zero-order chi connectivity index (χ0) is 37.5. The second-order valence-electron chi connectivity index (χ2n) is 10.9. The summed E-state index contributed by atoms with van der Waals surface area (Å²) in [6.45, 7) is 0. The van der Waals surface area contributed by atoms with Gasteiger partial charge >= 0.3 is 5.97 Å². The fourth-order valence-electron chi connectivity index (χ4n) is 4.68. The molecule has 5 rings (SSSR count). The van der Waals surface area contributed by atoms with Crippen LogP contribution in [0.15, 0.2) is 125 Å². The maximum atomic E-state index is 12.7. The Morgan fingerprint density at radius 3 is 1.29 bits per heavy atom. The Labute approximate surface area is 310 Å². The van der Waals surface area contributed by atoms with E-state index in [1.807, 2.05) is 30.3 Å². The molecule has 0 fully saturated rings. The van der Waals surface area contributed by atoms with Gasteiger partial charge in [0.2, 0.25) is 20.0 Å². The van der Waals surface area contributed by atoms with Crippen LogP contribution in [-0.2, 0) is 26.5 Å². The summed E-state index contributed by atoms with van der Waals surface area (Å²) in [4.78, 5) is 47.4. The van der Waals surface area contributed by atoms with Crippen molar-refractivity contribution in [1.29, 1.82) is 0 Å². The van der Waals surface area contributed by atoms with Crippen molar-refractivity contribution in [1.82, 2.24) is 0 Å². The molecule has 0 aliphatic heterocycles. The van der Waals surface area contributed by atoms with Gasteiger partial charge in [-0.15, -0.1) is 0 Å². The predicted molar refractivity (Wildman–Crippen MR) is 198 cm³/mol. The minimum absolute atomic E-state index is 0. The van der Waals surface area contributed by atoms with Crippen molar-refractivity contribution in [2.45, 2.75) is 30.1 Å². The molecule has 0 heterocycles. The molecule has 0 atom stereocenters. The number of nitrogens with two attached hydrogens (primary N) is 2. The van der Waals surface area contributed by atoms with Gasteiger partial charge in [0.25, 0.3) is 0 Å². The summed E-state index contributed by atoms with van der Waals surface area (Å²) in [7, 11) is -8.10. The Bertz CT molecular complexity index is 2350. The summed E-state index contributed by atoms with van der Waals surface area (Å²) in [6.07, 6.45) is 1.01. The maximum Gasteiger partial charge on any atom is 0.335 e. The van der Waals surface area contributed by atoms with Crippen LogP contribution in [0.25, 0.3) is 0 Å². The summed E-state index contributed by atoms with van der Waals surface area (Å²) in [6, 6.07) is 28.9. The van der Waals surface area contributed by atoms with Crippen molar-refractivity contribution in [3.63, 3.8) is 0 Å². The lowest BCUT2D eigenvalue weighted by atomic mass is 9.99. The van der Waals surface area contributed by atoms with Crippen LogP contribution in [0, 0.1) is 0 Å². The van der Waals surface area contributed by atoms with Gasteiger partial charge in [-0.1, -0.05) is 97.4 Å². The molecule has 5 aromatic carbocycles. The lowest BCUT2D eigenvalue weighted by Crippen LogP contribution is -2.14. The summed E-state index contributed by atoms with van der Waals surface area (Å²) in [5.41, 5.74) is 2.40. The molecule has 11 nitrogen and oxygen atoms in total. The molecule has 0 amide bonds. The first-order chi connectivity index (χ1) is 24.0. The van der Waals surface area contributed by atoms with Gasteiger partial charge in [-0.05, 0) is 60.5 Å². The van der Waals surface area contributed by atoms with Gasteiger partial charge in [-0.2, -0.15) is 0 Å². The molecule has 5 N–H and O–H groups in total. The number of aromatic carboxylic acids is 1. The van der Waals surface area contributed by atoms with Crippen molar-refractivity contribution in [3.05, 3.63) is 164 Å². The van der Waals surface area contributed by atoms with E-state index in [0.29, 0.717) is 24.0 Å². The van der Waals surface area contributed by atoms with E-state index < -0.39 is 37.6 Å². The molecule has 5 aromatic rings. The number of carboxylic acids is 1. The number of halogens is 2. The second kappa shape index (κ2) is 17.5. The van der Waals surface area contributed by atoms with Crippen LogP contribution in [0.3, 0.4) is 0 Å².